The highest BCUT2D eigenvalue weighted by atomic mass is 35.5. The highest BCUT2D eigenvalue weighted by Crippen LogP contribution is 2.23. The molecule has 5 heteroatoms. The third-order valence-corrected chi connectivity index (χ3v) is 3.32. The lowest BCUT2D eigenvalue weighted by Crippen LogP contribution is -2.14. The van der Waals surface area contributed by atoms with E-state index < -0.39 is 0 Å². The maximum Gasteiger partial charge on any atom is 0.258 e. The third-order valence-electron chi connectivity index (χ3n) is 2.99. The van der Waals surface area contributed by atoms with Gasteiger partial charge in [-0.15, -0.1) is 0 Å². The zero-order valence-corrected chi connectivity index (χ0v) is 12.4. The lowest BCUT2D eigenvalue weighted by atomic mass is 10.1. The Hall–Kier alpha value is -2.07. The molecular formula is C15H16ClN3O. The predicted octanol–water partition coefficient (Wildman–Crippen LogP) is 3.36. The average molecular weight is 290 g/mol. The Balaban J connectivity index is 2.22. The van der Waals surface area contributed by atoms with Gasteiger partial charge in [0.2, 0.25) is 0 Å². The summed E-state index contributed by atoms with van der Waals surface area (Å²) in [6.45, 7) is 1.95. The number of nitrogens with one attached hydrogen (secondary N) is 1. The molecule has 0 saturated carbocycles. The number of aryl methyl sites for hydroxylation is 1. The summed E-state index contributed by atoms with van der Waals surface area (Å²) in [5, 5.41) is 3.24. The molecule has 104 valence electrons. The molecule has 0 fully saturated rings. The summed E-state index contributed by atoms with van der Waals surface area (Å²) in [4.78, 5) is 18.1. The molecule has 1 amide bonds. The fourth-order valence-electron chi connectivity index (χ4n) is 1.80. The van der Waals surface area contributed by atoms with E-state index in [1.54, 1.807) is 12.3 Å². The van der Waals surface area contributed by atoms with Gasteiger partial charge in [-0.25, -0.2) is 0 Å². The van der Waals surface area contributed by atoms with Crippen LogP contribution in [0.25, 0.3) is 0 Å². The van der Waals surface area contributed by atoms with E-state index in [2.05, 4.69) is 10.3 Å². The van der Waals surface area contributed by atoms with Gasteiger partial charge in [0.05, 0.1) is 10.6 Å². The lowest BCUT2D eigenvalue weighted by molar-refractivity contribution is 0.102. The van der Waals surface area contributed by atoms with Crippen LogP contribution in [0.1, 0.15) is 15.9 Å². The second-order valence-electron chi connectivity index (χ2n) is 4.70. The van der Waals surface area contributed by atoms with Crippen molar-refractivity contribution in [2.24, 2.45) is 0 Å². The minimum absolute atomic E-state index is 0.260. The standard InChI is InChI=1S/C15H16ClN3O/c1-10-8-11(19(2)3)4-5-14(10)18-15(20)12-9-17-7-6-13(12)16/h4-9H,1-3H3,(H,18,20). The van der Waals surface area contributed by atoms with Gasteiger partial charge in [-0.3, -0.25) is 9.78 Å². The molecule has 4 nitrogen and oxygen atoms in total. The molecule has 2 aromatic rings. The smallest absolute Gasteiger partial charge is 0.258 e. The van der Waals surface area contributed by atoms with Gasteiger partial charge in [0.25, 0.3) is 5.91 Å². The van der Waals surface area contributed by atoms with E-state index in [0.29, 0.717) is 10.6 Å². The maximum atomic E-state index is 12.2. The normalized spacial score (nSPS) is 10.2. The van der Waals surface area contributed by atoms with Crippen LogP contribution in [0.4, 0.5) is 11.4 Å². The molecule has 1 heterocycles. The topological polar surface area (TPSA) is 45.2 Å². The van der Waals surface area contributed by atoms with Gasteiger partial charge in [0, 0.05) is 37.9 Å². The van der Waals surface area contributed by atoms with Crippen molar-refractivity contribution in [3.05, 3.63) is 52.8 Å². The monoisotopic (exact) mass is 289 g/mol. The van der Waals surface area contributed by atoms with Gasteiger partial charge in [0.1, 0.15) is 0 Å². The van der Waals surface area contributed by atoms with Gasteiger partial charge in [-0.05, 0) is 36.8 Å². The summed E-state index contributed by atoms with van der Waals surface area (Å²) in [5.74, 6) is -0.260. The second kappa shape index (κ2) is 5.92. The number of pyridine rings is 1. The molecule has 0 aliphatic heterocycles. The number of hydrogen-bond donors (Lipinski definition) is 1. The Morgan fingerprint density at radius 2 is 2.05 bits per heavy atom. The molecule has 1 aromatic carbocycles. The molecule has 0 aliphatic carbocycles. The van der Waals surface area contributed by atoms with E-state index in [0.717, 1.165) is 16.9 Å². The SMILES string of the molecule is Cc1cc(N(C)C)ccc1NC(=O)c1cnccc1Cl. The van der Waals surface area contributed by atoms with Crippen LogP contribution in [0.3, 0.4) is 0 Å². The third kappa shape index (κ3) is 3.08. The van der Waals surface area contributed by atoms with E-state index in [9.17, 15) is 4.79 Å². The molecule has 1 aromatic heterocycles. The first-order valence-electron chi connectivity index (χ1n) is 6.18. The fourth-order valence-corrected chi connectivity index (χ4v) is 1.99. The van der Waals surface area contributed by atoms with Crippen molar-refractivity contribution < 1.29 is 4.79 Å². The first-order chi connectivity index (χ1) is 9.49. The molecule has 0 saturated heterocycles. The molecule has 2 rings (SSSR count). The van der Waals surface area contributed by atoms with Crippen LogP contribution >= 0.6 is 11.6 Å². The molecule has 1 N–H and O–H groups in total. The van der Waals surface area contributed by atoms with Crippen molar-refractivity contribution in [2.75, 3.05) is 24.3 Å². The van der Waals surface area contributed by atoms with Crippen LogP contribution in [-0.4, -0.2) is 25.0 Å². The molecule has 0 unspecified atom stereocenters. The number of anilines is 2. The Morgan fingerprint density at radius 3 is 2.65 bits per heavy atom. The Labute approximate surface area is 123 Å². The zero-order valence-electron chi connectivity index (χ0n) is 11.6. The number of benzene rings is 1. The van der Waals surface area contributed by atoms with E-state index in [-0.39, 0.29) is 5.91 Å². The first-order valence-corrected chi connectivity index (χ1v) is 6.55. The van der Waals surface area contributed by atoms with E-state index in [1.165, 1.54) is 6.20 Å². The largest absolute Gasteiger partial charge is 0.378 e. The Morgan fingerprint density at radius 1 is 1.30 bits per heavy atom. The average Bonchev–Trinajstić information content (AvgIpc) is 2.41. The Bertz CT molecular complexity index is 641. The maximum absolute atomic E-state index is 12.2. The van der Waals surface area contributed by atoms with Crippen molar-refractivity contribution in [3.8, 4) is 0 Å². The summed E-state index contributed by atoms with van der Waals surface area (Å²) in [6.07, 6.45) is 3.01. The molecule has 20 heavy (non-hydrogen) atoms. The van der Waals surface area contributed by atoms with Crippen molar-refractivity contribution >= 4 is 28.9 Å². The van der Waals surface area contributed by atoms with Crippen molar-refractivity contribution in [3.63, 3.8) is 0 Å². The number of carbonyl (C=O) groups excluding carboxylic acids is 1. The number of rotatable bonds is 3. The molecule has 0 spiro atoms. The van der Waals surface area contributed by atoms with Crippen molar-refractivity contribution in [1.29, 1.82) is 0 Å². The summed E-state index contributed by atoms with van der Waals surface area (Å²) in [7, 11) is 3.95. The number of aromatic nitrogens is 1. The van der Waals surface area contributed by atoms with Gasteiger partial charge < -0.3 is 10.2 Å². The number of carbonyl (C=O) groups is 1. The van der Waals surface area contributed by atoms with Gasteiger partial charge in [0.15, 0.2) is 0 Å². The summed E-state index contributed by atoms with van der Waals surface area (Å²) in [5.41, 5.74) is 3.20. The van der Waals surface area contributed by atoms with E-state index in [4.69, 9.17) is 11.6 Å². The predicted molar refractivity (Wildman–Crippen MR) is 82.7 cm³/mol. The highest BCUT2D eigenvalue weighted by Gasteiger charge is 2.12. The van der Waals surface area contributed by atoms with Crippen LogP contribution in [0.2, 0.25) is 5.02 Å². The van der Waals surface area contributed by atoms with E-state index in [1.807, 2.05) is 44.1 Å². The van der Waals surface area contributed by atoms with Gasteiger partial charge in [-0.2, -0.15) is 0 Å². The molecule has 0 radical (unpaired) electrons. The van der Waals surface area contributed by atoms with Crippen LogP contribution in [0.5, 0.6) is 0 Å². The second-order valence-corrected chi connectivity index (χ2v) is 5.11. The lowest BCUT2D eigenvalue weighted by Gasteiger charge is -2.15. The van der Waals surface area contributed by atoms with Gasteiger partial charge >= 0.3 is 0 Å². The number of halogens is 1. The van der Waals surface area contributed by atoms with Crippen molar-refractivity contribution in [1.82, 2.24) is 4.98 Å². The number of amides is 1. The van der Waals surface area contributed by atoms with Crippen LogP contribution < -0.4 is 10.2 Å². The molecule has 0 bridgehead atoms. The first kappa shape index (κ1) is 14.3. The number of nitrogens with zero attached hydrogens (tertiary/aromatic N) is 2. The zero-order chi connectivity index (χ0) is 14.7. The quantitative estimate of drug-likeness (QED) is 0.942. The van der Waals surface area contributed by atoms with Gasteiger partial charge in [-0.1, -0.05) is 11.6 Å². The molecule has 0 aliphatic rings. The van der Waals surface area contributed by atoms with Crippen LogP contribution in [-0.2, 0) is 0 Å². The fraction of sp³-hybridized carbons (Fsp3) is 0.200. The minimum atomic E-state index is -0.260. The summed E-state index contributed by atoms with van der Waals surface area (Å²) < 4.78 is 0. The highest BCUT2D eigenvalue weighted by molar-refractivity contribution is 6.34. The Kier molecular flexibility index (Phi) is 4.25. The number of hydrogen-bond acceptors (Lipinski definition) is 3. The summed E-state index contributed by atoms with van der Waals surface area (Å²) in [6, 6.07) is 7.44. The van der Waals surface area contributed by atoms with E-state index >= 15 is 0 Å². The van der Waals surface area contributed by atoms with Crippen LogP contribution in [0, 0.1) is 6.92 Å². The molecular weight excluding hydrogens is 274 g/mol. The molecule has 0 atom stereocenters. The van der Waals surface area contributed by atoms with Crippen LogP contribution in [0.15, 0.2) is 36.7 Å². The minimum Gasteiger partial charge on any atom is -0.378 e. The van der Waals surface area contributed by atoms with Crippen molar-refractivity contribution in [2.45, 2.75) is 6.92 Å². The summed E-state index contributed by atoms with van der Waals surface area (Å²) >= 11 is 5.98.